The van der Waals surface area contributed by atoms with Crippen LogP contribution in [0.2, 0.25) is 18.1 Å². The summed E-state index contributed by atoms with van der Waals surface area (Å²) in [5.41, 5.74) is 1.71. The molecule has 0 aromatic heterocycles. The molecule has 0 aliphatic carbocycles. The number of carbonyl (C=O) groups excluding carboxylic acids is 1. The van der Waals surface area contributed by atoms with E-state index in [1.807, 2.05) is 36.2 Å². The smallest absolute Gasteiger partial charge is 0.334 e. The number of hydrogen-bond donors (Lipinski definition) is 0. The second-order valence-electron chi connectivity index (χ2n) is 6.99. The molecule has 132 valence electrons. The largest absolute Gasteiger partial charge is 0.463 e. The Bertz CT molecular complexity index is 471. The van der Waals surface area contributed by atoms with Crippen LogP contribution >= 0.6 is 22.6 Å². The average Bonchev–Trinajstić information content (AvgIpc) is 2.44. The van der Waals surface area contributed by atoms with Crippen LogP contribution < -0.4 is 0 Å². The van der Waals surface area contributed by atoms with Crippen LogP contribution in [0.4, 0.5) is 0 Å². The number of esters is 1. The number of halogens is 1. The minimum Gasteiger partial charge on any atom is -0.463 e. The maximum atomic E-state index is 12.0. The summed E-state index contributed by atoms with van der Waals surface area (Å²) >= 11 is 2.17. The zero-order chi connectivity index (χ0) is 18.1. The minimum absolute atomic E-state index is 0.207. The molecule has 0 unspecified atom stereocenters. The number of rotatable bonds is 8. The number of hydrogen-bond acceptors (Lipinski definition) is 3. The summed E-state index contributed by atoms with van der Waals surface area (Å²) < 4.78 is 13.1. The van der Waals surface area contributed by atoms with E-state index in [4.69, 9.17) is 9.16 Å². The van der Waals surface area contributed by atoms with E-state index in [2.05, 4.69) is 56.5 Å². The maximum absolute atomic E-state index is 12.0. The van der Waals surface area contributed by atoms with E-state index in [0.29, 0.717) is 25.2 Å². The minimum atomic E-state index is -1.72. The van der Waals surface area contributed by atoms with E-state index in [9.17, 15) is 4.79 Å². The van der Waals surface area contributed by atoms with Crippen molar-refractivity contribution in [1.82, 2.24) is 0 Å². The standard InChI is InChI=1S/C18H31IO3Si/c1-8-21-17(20)16(13-15(2)14-19)11-9-10-12-22-23(6,7)18(3,4)5/h9-10,13-14H,8,11-12H2,1-7H3/b10-9+,15-14-,16-13+. The highest BCUT2D eigenvalue weighted by molar-refractivity contribution is 14.1. The Hall–Kier alpha value is -0.403. The molecule has 0 aliphatic heterocycles. The molecular formula is C18H31IO3Si. The fraction of sp³-hybridized carbons (Fsp3) is 0.611. The molecule has 23 heavy (non-hydrogen) atoms. The third-order valence-corrected chi connectivity index (χ3v) is 9.45. The highest BCUT2D eigenvalue weighted by Crippen LogP contribution is 2.36. The van der Waals surface area contributed by atoms with Gasteiger partial charge >= 0.3 is 5.97 Å². The molecule has 0 saturated heterocycles. The van der Waals surface area contributed by atoms with Crippen LogP contribution in [-0.4, -0.2) is 27.5 Å². The van der Waals surface area contributed by atoms with Crippen LogP contribution in [0, 0.1) is 0 Å². The summed E-state index contributed by atoms with van der Waals surface area (Å²) in [5.74, 6) is -0.250. The van der Waals surface area contributed by atoms with E-state index < -0.39 is 8.32 Å². The fourth-order valence-electron chi connectivity index (χ4n) is 1.48. The van der Waals surface area contributed by atoms with E-state index in [1.54, 1.807) is 0 Å². The quantitative estimate of drug-likeness (QED) is 0.117. The lowest BCUT2D eigenvalue weighted by Gasteiger charge is -2.35. The summed E-state index contributed by atoms with van der Waals surface area (Å²) in [6.45, 7) is 15.9. The van der Waals surface area contributed by atoms with E-state index in [-0.39, 0.29) is 11.0 Å². The highest BCUT2D eigenvalue weighted by atomic mass is 127. The van der Waals surface area contributed by atoms with Crippen LogP contribution in [0.5, 0.6) is 0 Å². The third kappa shape index (κ3) is 8.86. The average molecular weight is 450 g/mol. The van der Waals surface area contributed by atoms with Crippen LogP contribution in [0.3, 0.4) is 0 Å². The maximum Gasteiger partial charge on any atom is 0.334 e. The van der Waals surface area contributed by atoms with Gasteiger partial charge in [0.15, 0.2) is 8.32 Å². The lowest BCUT2D eigenvalue weighted by atomic mass is 10.1. The van der Waals surface area contributed by atoms with E-state index >= 15 is 0 Å². The van der Waals surface area contributed by atoms with Gasteiger partial charge in [0, 0.05) is 5.57 Å². The molecule has 0 heterocycles. The SMILES string of the molecule is CCOC(=O)/C(=C/C(C)=C\I)C/C=C/CO[Si](C)(C)C(C)(C)C. The van der Waals surface area contributed by atoms with Gasteiger partial charge < -0.3 is 9.16 Å². The van der Waals surface area contributed by atoms with Gasteiger partial charge in [0.05, 0.1) is 13.2 Å². The predicted octanol–water partition coefficient (Wildman–Crippen LogP) is 5.78. The number of ether oxygens (including phenoxy) is 1. The molecule has 0 aromatic carbocycles. The first-order chi connectivity index (χ1) is 10.5. The topological polar surface area (TPSA) is 35.5 Å². The Balaban J connectivity index is 4.70. The van der Waals surface area contributed by atoms with Gasteiger partial charge in [-0.3, -0.25) is 0 Å². The van der Waals surface area contributed by atoms with Crippen molar-refractivity contribution in [2.24, 2.45) is 0 Å². The highest BCUT2D eigenvalue weighted by Gasteiger charge is 2.36. The summed E-state index contributed by atoms with van der Waals surface area (Å²) in [5, 5.41) is 0.207. The molecule has 0 amide bonds. The van der Waals surface area contributed by atoms with Gasteiger partial charge in [-0.2, -0.15) is 0 Å². The van der Waals surface area contributed by atoms with Crippen molar-refractivity contribution in [2.75, 3.05) is 13.2 Å². The van der Waals surface area contributed by atoms with Crippen molar-refractivity contribution >= 4 is 36.9 Å². The van der Waals surface area contributed by atoms with Crippen molar-refractivity contribution in [3.8, 4) is 0 Å². The Kier molecular flexibility index (Phi) is 10.3. The Morgan fingerprint density at radius 1 is 1.22 bits per heavy atom. The molecular weight excluding hydrogens is 419 g/mol. The first-order valence-corrected chi connectivity index (χ1v) is 12.1. The zero-order valence-corrected chi connectivity index (χ0v) is 18.7. The lowest BCUT2D eigenvalue weighted by Crippen LogP contribution is -2.40. The lowest BCUT2D eigenvalue weighted by molar-refractivity contribution is -0.138. The molecule has 0 N–H and O–H groups in total. The molecule has 0 bridgehead atoms. The normalized spacial score (nSPS) is 14.4. The monoisotopic (exact) mass is 450 g/mol. The molecule has 0 saturated carbocycles. The van der Waals surface area contributed by atoms with Crippen LogP contribution in [0.25, 0.3) is 0 Å². The van der Waals surface area contributed by atoms with Crippen LogP contribution in [-0.2, 0) is 14.0 Å². The summed E-state index contributed by atoms with van der Waals surface area (Å²) in [6, 6.07) is 0. The summed E-state index contributed by atoms with van der Waals surface area (Å²) in [6.07, 6.45) is 6.41. The first kappa shape index (κ1) is 22.6. The summed E-state index contributed by atoms with van der Waals surface area (Å²) in [4.78, 5) is 12.0. The molecule has 0 radical (unpaired) electrons. The van der Waals surface area contributed by atoms with Gasteiger partial charge in [-0.25, -0.2) is 4.79 Å². The third-order valence-electron chi connectivity index (χ3n) is 3.96. The van der Waals surface area contributed by atoms with Crippen molar-refractivity contribution in [2.45, 2.75) is 59.2 Å². The second kappa shape index (κ2) is 10.5. The predicted molar refractivity (Wildman–Crippen MR) is 109 cm³/mol. The van der Waals surface area contributed by atoms with Crippen LogP contribution in [0.1, 0.15) is 41.0 Å². The van der Waals surface area contributed by atoms with Crippen molar-refractivity contribution in [3.63, 3.8) is 0 Å². The number of allylic oxidation sites excluding steroid dienone is 3. The van der Waals surface area contributed by atoms with Crippen molar-refractivity contribution in [1.29, 1.82) is 0 Å². The van der Waals surface area contributed by atoms with Gasteiger partial charge in [-0.1, -0.05) is 55.5 Å². The van der Waals surface area contributed by atoms with Crippen LogP contribution in [0.15, 0.2) is 33.5 Å². The fourth-order valence-corrected chi connectivity index (χ4v) is 2.61. The molecule has 5 heteroatoms. The van der Waals surface area contributed by atoms with Crippen molar-refractivity contribution < 1.29 is 14.0 Å². The van der Waals surface area contributed by atoms with Gasteiger partial charge in [-0.05, 0) is 54.1 Å². The Morgan fingerprint density at radius 2 is 1.83 bits per heavy atom. The van der Waals surface area contributed by atoms with Gasteiger partial charge in [0.25, 0.3) is 0 Å². The molecule has 3 nitrogen and oxygen atoms in total. The molecule has 0 fully saturated rings. The molecule has 0 aliphatic rings. The molecule has 0 rings (SSSR count). The van der Waals surface area contributed by atoms with Gasteiger partial charge in [-0.15, -0.1) is 0 Å². The first-order valence-electron chi connectivity index (χ1n) is 7.98. The van der Waals surface area contributed by atoms with Crippen molar-refractivity contribution in [3.05, 3.63) is 33.5 Å². The molecule has 0 spiro atoms. The summed E-state index contributed by atoms with van der Waals surface area (Å²) in [7, 11) is -1.72. The zero-order valence-electron chi connectivity index (χ0n) is 15.5. The molecule has 0 aromatic rings. The second-order valence-corrected chi connectivity index (χ2v) is 12.4. The number of carbonyl (C=O) groups is 1. The van der Waals surface area contributed by atoms with E-state index in [1.165, 1.54) is 0 Å². The Labute approximate surface area is 156 Å². The van der Waals surface area contributed by atoms with Gasteiger partial charge in [0.2, 0.25) is 0 Å². The van der Waals surface area contributed by atoms with E-state index in [0.717, 1.165) is 5.57 Å². The van der Waals surface area contributed by atoms with Gasteiger partial charge in [0.1, 0.15) is 0 Å². The Morgan fingerprint density at radius 3 is 2.30 bits per heavy atom. The molecule has 0 atom stereocenters.